The molecule has 0 spiro atoms. The van der Waals surface area contributed by atoms with E-state index in [1.54, 1.807) is 6.20 Å². The SMILES string of the molecule is Cc1ccc(NC(=O)[C@@H]2C[C@H]3C[C@H]32)cc1-c1ccccn1. The van der Waals surface area contributed by atoms with Crippen molar-refractivity contribution in [3.05, 3.63) is 48.2 Å². The summed E-state index contributed by atoms with van der Waals surface area (Å²) < 4.78 is 0. The number of anilines is 1. The van der Waals surface area contributed by atoms with Crippen LogP contribution in [0.3, 0.4) is 0 Å². The zero-order valence-corrected chi connectivity index (χ0v) is 12.0. The third-order valence-corrected chi connectivity index (χ3v) is 4.83. The number of hydrogen-bond donors (Lipinski definition) is 1. The predicted molar refractivity (Wildman–Crippen MR) is 82.7 cm³/mol. The first-order valence-corrected chi connectivity index (χ1v) is 7.55. The van der Waals surface area contributed by atoms with Crippen molar-refractivity contribution in [3.8, 4) is 11.3 Å². The second kappa shape index (κ2) is 4.69. The number of pyridine rings is 1. The normalized spacial score (nSPS) is 25.7. The van der Waals surface area contributed by atoms with E-state index in [2.05, 4.69) is 17.2 Å². The Morgan fingerprint density at radius 1 is 1.24 bits per heavy atom. The second-order valence-corrected chi connectivity index (χ2v) is 6.24. The number of carbonyl (C=O) groups is 1. The number of fused-ring (bicyclic) bond motifs is 1. The minimum absolute atomic E-state index is 0.185. The molecule has 4 rings (SSSR count). The van der Waals surface area contributed by atoms with E-state index in [1.165, 1.54) is 6.42 Å². The molecule has 2 aliphatic carbocycles. The smallest absolute Gasteiger partial charge is 0.227 e. The molecule has 0 radical (unpaired) electrons. The lowest BCUT2D eigenvalue weighted by Crippen LogP contribution is -2.30. The van der Waals surface area contributed by atoms with Crippen LogP contribution in [0.2, 0.25) is 0 Å². The number of aromatic nitrogens is 1. The zero-order valence-electron chi connectivity index (χ0n) is 12.0. The number of aryl methyl sites for hydroxylation is 1. The number of nitrogens with zero attached hydrogens (tertiary/aromatic N) is 1. The summed E-state index contributed by atoms with van der Waals surface area (Å²) in [6.07, 6.45) is 4.13. The third kappa shape index (κ3) is 2.23. The van der Waals surface area contributed by atoms with Gasteiger partial charge in [0.2, 0.25) is 5.91 Å². The highest BCUT2D eigenvalue weighted by molar-refractivity contribution is 5.94. The molecule has 3 nitrogen and oxygen atoms in total. The van der Waals surface area contributed by atoms with E-state index in [0.29, 0.717) is 5.92 Å². The van der Waals surface area contributed by atoms with Crippen molar-refractivity contribution in [2.45, 2.75) is 19.8 Å². The summed E-state index contributed by atoms with van der Waals surface area (Å²) in [7, 11) is 0. The highest BCUT2D eigenvalue weighted by Gasteiger charge is 2.56. The first-order valence-electron chi connectivity index (χ1n) is 7.55. The van der Waals surface area contributed by atoms with Crippen LogP contribution < -0.4 is 5.32 Å². The topological polar surface area (TPSA) is 42.0 Å². The summed E-state index contributed by atoms with van der Waals surface area (Å²) >= 11 is 0. The minimum atomic E-state index is 0.185. The van der Waals surface area contributed by atoms with Gasteiger partial charge in [-0.2, -0.15) is 0 Å². The summed E-state index contributed by atoms with van der Waals surface area (Å²) in [5.41, 5.74) is 4.05. The van der Waals surface area contributed by atoms with E-state index in [4.69, 9.17) is 0 Å². The van der Waals surface area contributed by atoms with Crippen LogP contribution in [0.1, 0.15) is 18.4 Å². The minimum Gasteiger partial charge on any atom is -0.326 e. The molecular weight excluding hydrogens is 260 g/mol. The van der Waals surface area contributed by atoms with E-state index in [9.17, 15) is 4.79 Å². The molecule has 0 bridgehead atoms. The van der Waals surface area contributed by atoms with Crippen molar-refractivity contribution in [1.29, 1.82) is 0 Å². The molecule has 106 valence electrons. The van der Waals surface area contributed by atoms with Gasteiger partial charge < -0.3 is 5.32 Å². The fourth-order valence-electron chi connectivity index (χ4n) is 3.37. The lowest BCUT2D eigenvalue weighted by Gasteiger charge is -2.23. The molecule has 1 amide bonds. The van der Waals surface area contributed by atoms with Crippen LogP contribution in [-0.2, 0) is 4.79 Å². The molecule has 2 aromatic rings. The van der Waals surface area contributed by atoms with E-state index >= 15 is 0 Å². The number of amides is 1. The Balaban J connectivity index is 1.57. The lowest BCUT2D eigenvalue weighted by atomic mass is 9.84. The maximum Gasteiger partial charge on any atom is 0.227 e. The predicted octanol–water partition coefficient (Wildman–Crippen LogP) is 3.65. The average Bonchev–Trinajstić information content (AvgIpc) is 3.11. The van der Waals surface area contributed by atoms with Crippen molar-refractivity contribution in [3.63, 3.8) is 0 Å². The van der Waals surface area contributed by atoms with E-state index in [0.717, 1.165) is 34.8 Å². The quantitative estimate of drug-likeness (QED) is 0.931. The van der Waals surface area contributed by atoms with Crippen molar-refractivity contribution in [2.24, 2.45) is 17.8 Å². The van der Waals surface area contributed by atoms with Crippen molar-refractivity contribution in [2.75, 3.05) is 5.32 Å². The standard InChI is InChI=1S/C18H18N2O/c1-11-5-6-13(10-14(11)17-4-2-3-7-19-17)20-18(21)16-9-12-8-15(12)16/h2-7,10,12,15-16H,8-9H2,1H3,(H,20,21)/t12-,15-,16-/m1/s1. The molecule has 0 aliphatic heterocycles. The number of hydrogen-bond acceptors (Lipinski definition) is 2. The monoisotopic (exact) mass is 278 g/mol. The van der Waals surface area contributed by atoms with Gasteiger partial charge in [-0.1, -0.05) is 12.1 Å². The van der Waals surface area contributed by atoms with Crippen molar-refractivity contribution in [1.82, 2.24) is 4.98 Å². The van der Waals surface area contributed by atoms with Crippen LogP contribution in [0.25, 0.3) is 11.3 Å². The van der Waals surface area contributed by atoms with Gasteiger partial charge in [0.1, 0.15) is 0 Å². The largest absolute Gasteiger partial charge is 0.326 e. The van der Waals surface area contributed by atoms with Gasteiger partial charge in [-0.25, -0.2) is 0 Å². The van der Waals surface area contributed by atoms with Gasteiger partial charge in [0.15, 0.2) is 0 Å². The maximum absolute atomic E-state index is 12.2. The zero-order chi connectivity index (χ0) is 14.4. The first kappa shape index (κ1) is 12.6. The van der Waals surface area contributed by atoms with Gasteiger partial charge in [0.25, 0.3) is 0 Å². The maximum atomic E-state index is 12.2. The van der Waals surface area contributed by atoms with Crippen molar-refractivity contribution < 1.29 is 4.79 Å². The van der Waals surface area contributed by atoms with Crippen LogP contribution in [0.15, 0.2) is 42.6 Å². The molecule has 3 atom stereocenters. The highest BCUT2D eigenvalue weighted by Crippen LogP contribution is 2.59. The molecule has 2 fully saturated rings. The molecular formula is C18H18N2O. The van der Waals surface area contributed by atoms with Crippen LogP contribution in [0, 0.1) is 24.7 Å². The number of carbonyl (C=O) groups excluding carboxylic acids is 1. The molecule has 1 heterocycles. The van der Waals surface area contributed by atoms with Crippen molar-refractivity contribution >= 4 is 11.6 Å². The molecule has 1 N–H and O–H groups in total. The first-order chi connectivity index (χ1) is 10.2. The Hall–Kier alpha value is -2.16. The molecule has 2 saturated carbocycles. The molecule has 3 heteroatoms. The summed E-state index contributed by atoms with van der Waals surface area (Å²) in [5.74, 6) is 1.95. The Morgan fingerprint density at radius 2 is 2.14 bits per heavy atom. The lowest BCUT2D eigenvalue weighted by molar-refractivity contribution is -0.122. The molecule has 1 aromatic heterocycles. The third-order valence-electron chi connectivity index (χ3n) is 4.83. The van der Waals surface area contributed by atoms with Crippen LogP contribution >= 0.6 is 0 Å². The fraction of sp³-hybridized carbons (Fsp3) is 0.333. The van der Waals surface area contributed by atoms with Gasteiger partial charge in [-0.3, -0.25) is 9.78 Å². The van der Waals surface area contributed by atoms with Crippen LogP contribution in [-0.4, -0.2) is 10.9 Å². The second-order valence-electron chi connectivity index (χ2n) is 6.24. The molecule has 21 heavy (non-hydrogen) atoms. The van der Waals surface area contributed by atoms with Crippen LogP contribution in [0.5, 0.6) is 0 Å². The van der Waals surface area contributed by atoms with Crippen LogP contribution in [0.4, 0.5) is 5.69 Å². The van der Waals surface area contributed by atoms with Gasteiger partial charge in [0.05, 0.1) is 5.69 Å². The number of nitrogens with one attached hydrogen (secondary N) is 1. The van der Waals surface area contributed by atoms with Gasteiger partial charge in [-0.15, -0.1) is 0 Å². The highest BCUT2D eigenvalue weighted by atomic mass is 16.2. The fourth-order valence-corrected chi connectivity index (χ4v) is 3.37. The Labute approximate surface area is 124 Å². The summed E-state index contributed by atoms with van der Waals surface area (Å²) in [6.45, 7) is 2.07. The van der Waals surface area contributed by atoms with E-state index in [-0.39, 0.29) is 11.8 Å². The Morgan fingerprint density at radius 3 is 2.81 bits per heavy atom. The molecule has 2 aliphatic rings. The van der Waals surface area contributed by atoms with Gasteiger partial charge >= 0.3 is 0 Å². The summed E-state index contributed by atoms with van der Waals surface area (Å²) in [6, 6.07) is 11.9. The van der Waals surface area contributed by atoms with Gasteiger partial charge in [-0.05, 0) is 61.4 Å². The van der Waals surface area contributed by atoms with E-state index < -0.39 is 0 Å². The Kier molecular flexibility index (Phi) is 2.81. The van der Waals surface area contributed by atoms with Gasteiger partial charge in [0, 0.05) is 23.4 Å². The average molecular weight is 278 g/mol. The summed E-state index contributed by atoms with van der Waals surface area (Å²) in [4.78, 5) is 16.6. The molecule has 1 aromatic carbocycles. The number of rotatable bonds is 3. The number of benzene rings is 1. The summed E-state index contributed by atoms with van der Waals surface area (Å²) in [5, 5.41) is 3.07. The Bertz CT molecular complexity index is 696. The van der Waals surface area contributed by atoms with E-state index in [1.807, 2.05) is 36.4 Å². The molecule has 0 saturated heterocycles. The molecule has 0 unspecified atom stereocenters.